The van der Waals surface area contributed by atoms with Crippen molar-refractivity contribution < 1.29 is 19.0 Å². The van der Waals surface area contributed by atoms with Crippen LogP contribution >= 0.6 is 0 Å². The first-order valence-corrected chi connectivity index (χ1v) is 10.2. The fraction of sp³-hybridized carbons (Fsp3) is 0.458. The van der Waals surface area contributed by atoms with Crippen LogP contribution in [0.3, 0.4) is 0 Å². The van der Waals surface area contributed by atoms with Crippen LogP contribution in [0.25, 0.3) is 0 Å². The lowest BCUT2D eigenvalue weighted by Crippen LogP contribution is -2.27. The van der Waals surface area contributed by atoms with Gasteiger partial charge in [0.2, 0.25) is 5.91 Å². The molecule has 29 heavy (non-hydrogen) atoms. The highest BCUT2D eigenvalue weighted by atomic mass is 16.5. The van der Waals surface area contributed by atoms with Crippen LogP contribution in [0.15, 0.2) is 36.4 Å². The van der Waals surface area contributed by atoms with Gasteiger partial charge in [0.1, 0.15) is 5.75 Å². The van der Waals surface area contributed by atoms with Crippen molar-refractivity contribution in [2.75, 3.05) is 27.9 Å². The summed E-state index contributed by atoms with van der Waals surface area (Å²) in [4.78, 5) is 12.6. The molecule has 1 atom stereocenters. The summed E-state index contributed by atoms with van der Waals surface area (Å²) in [5.41, 5.74) is 3.46. The molecule has 0 radical (unpaired) electrons. The lowest BCUT2D eigenvalue weighted by Gasteiger charge is -2.18. The van der Waals surface area contributed by atoms with Gasteiger partial charge in [-0.25, -0.2) is 0 Å². The molecule has 2 aromatic carbocycles. The van der Waals surface area contributed by atoms with Crippen molar-refractivity contribution in [3.05, 3.63) is 53.1 Å². The lowest BCUT2D eigenvalue weighted by molar-refractivity contribution is -0.121. The lowest BCUT2D eigenvalue weighted by atomic mass is 9.89. The van der Waals surface area contributed by atoms with E-state index >= 15 is 0 Å². The van der Waals surface area contributed by atoms with E-state index in [1.165, 1.54) is 18.4 Å². The van der Waals surface area contributed by atoms with Crippen LogP contribution < -0.4 is 19.5 Å². The number of carbonyl (C=O) groups is 1. The van der Waals surface area contributed by atoms with Crippen molar-refractivity contribution in [1.29, 1.82) is 0 Å². The topological polar surface area (TPSA) is 56.8 Å². The minimum Gasteiger partial charge on any atom is -0.496 e. The molecule has 0 heterocycles. The minimum absolute atomic E-state index is 0.107. The summed E-state index contributed by atoms with van der Waals surface area (Å²) < 4.78 is 16.0. The first-order valence-electron chi connectivity index (χ1n) is 10.2. The summed E-state index contributed by atoms with van der Waals surface area (Å²) in [7, 11) is 4.94. The van der Waals surface area contributed by atoms with Gasteiger partial charge in [0, 0.05) is 13.0 Å². The van der Waals surface area contributed by atoms with E-state index in [0.717, 1.165) is 23.3 Å². The van der Waals surface area contributed by atoms with E-state index in [4.69, 9.17) is 14.2 Å². The van der Waals surface area contributed by atoms with Gasteiger partial charge in [-0.15, -0.1) is 0 Å². The maximum Gasteiger partial charge on any atom is 0.220 e. The highest BCUT2D eigenvalue weighted by molar-refractivity contribution is 5.77. The molecular weight excluding hydrogens is 366 g/mol. The highest BCUT2D eigenvalue weighted by Gasteiger charge is 2.33. The Kier molecular flexibility index (Phi) is 7.02. The molecule has 1 N–H and O–H groups in total. The molecule has 1 unspecified atom stereocenters. The van der Waals surface area contributed by atoms with Crippen LogP contribution in [-0.4, -0.2) is 33.8 Å². The third-order valence-corrected chi connectivity index (χ3v) is 5.63. The van der Waals surface area contributed by atoms with Crippen LogP contribution in [0.4, 0.5) is 0 Å². The SMILES string of the molecule is COc1ccc(C(CC(=O)NCCc2ccc(OC)c(OC)c2)C2CC2)cc1C. The van der Waals surface area contributed by atoms with Gasteiger partial charge in [-0.1, -0.05) is 18.2 Å². The molecule has 5 nitrogen and oxygen atoms in total. The number of hydrogen-bond donors (Lipinski definition) is 1. The molecule has 0 aliphatic heterocycles. The zero-order valence-electron chi connectivity index (χ0n) is 17.8. The summed E-state index contributed by atoms with van der Waals surface area (Å²) in [6.07, 6.45) is 3.69. The second kappa shape index (κ2) is 9.68. The van der Waals surface area contributed by atoms with Crippen LogP contribution in [0.1, 0.15) is 41.9 Å². The van der Waals surface area contributed by atoms with Crippen LogP contribution in [0.2, 0.25) is 0 Å². The molecule has 1 fully saturated rings. The van der Waals surface area contributed by atoms with Gasteiger partial charge in [-0.05, 0) is 72.9 Å². The minimum atomic E-state index is 0.107. The smallest absolute Gasteiger partial charge is 0.220 e. The Labute approximate surface area is 173 Å². The molecule has 1 saturated carbocycles. The molecule has 1 amide bonds. The third kappa shape index (κ3) is 5.43. The van der Waals surface area contributed by atoms with Crippen molar-refractivity contribution in [3.63, 3.8) is 0 Å². The van der Waals surface area contributed by atoms with Crippen LogP contribution in [0, 0.1) is 12.8 Å². The summed E-state index contributed by atoms with van der Waals surface area (Å²) in [5.74, 6) is 3.31. The monoisotopic (exact) mass is 397 g/mol. The van der Waals surface area contributed by atoms with E-state index in [1.807, 2.05) is 24.3 Å². The maximum atomic E-state index is 12.6. The molecule has 1 aliphatic rings. The molecule has 0 spiro atoms. The summed E-state index contributed by atoms with van der Waals surface area (Å²) in [6.45, 7) is 2.66. The average Bonchev–Trinajstić information content (AvgIpc) is 3.57. The van der Waals surface area contributed by atoms with E-state index in [-0.39, 0.29) is 11.8 Å². The van der Waals surface area contributed by atoms with Gasteiger partial charge >= 0.3 is 0 Å². The predicted molar refractivity (Wildman–Crippen MR) is 114 cm³/mol. The fourth-order valence-electron chi connectivity index (χ4n) is 3.84. The molecule has 5 heteroatoms. The maximum absolute atomic E-state index is 12.6. The van der Waals surface area contributed by atoms with Gasteiger partial charge in [-0.2, -0.15) is 0 Å². The molecule has 156 valence electrons. The van der Waals surface area contributed by atoms with E-state index in [1.54, 1.807) is 21.3 Å². The van der Waals surface area contributed by atoms with Gasteiger partial charge < -0.3 is 19.5 Å². The Morgan fingerprint density at radius 3 is 2.31 bits per heavy atom. The zero-order valence-corrected chi connectivity index (χ0v) is 17.8. The largest absolute Gasteiger partial charge is 0.496 e. The Morgan fingerprint density at radius 1 is 1.00 bits per heavy atom. The Hall–Kier alpha value is -2.69. The number of carbonyl (C=O) groups excluding carboxylic acids is 1. The zero-order chi connectivity index (χ0) is 20.8. The Bertz CT molecular complexity index is 845. The number of amides is 1. The van der Waals surface area contributed by atoms with Crippen LogP contribution in [-0.2, 0) is 11.2 Å². The molecule has 1 aliphatic carbocycles. The van der Waals surface area contributed by atoms with Crippen molar-refractivity contribution in [2.45, 2.75) is 38.5 Å². The number of hydrogen-bond acceptors (Lipinski definition) is 4. The first kappa shape index (κ1) is 21.0. The molecule has 2 aromatic rings. The predicted octanol–water partition coefficient (Wildman–Crippen LogP) is 4.26. The van der Waals surface area contributed by atoms with Gasteiger partial charge in [0.25, 0.3) is 0 Å². The van der Waals surface area contributed by atoms with Crippen molar-refractivity contribution in [1.82, 2.24) is 5.32 Å². The summed E-state index contributed by atoms with van der Waals surface area (Å²) >= 11 is 0. The van der Waals surface area contributed by atoms with E-state index in [2.05, 4.69) is 24.4 Å². The molecule has 0 aromatic heterocycles. The molecule has 0 bridgehead atoms. The summed E-state index contributed by atoms with van der Waals surface area (Å²) in [6, 6.07) is 12.1. The van der Waals surface area contributed by atoms with Crippen molar-refractivity contribution in [3.8, 4) is 17.2 Å². The Balaban J connectivity index is 1.55. The van der Waals surface area contributed by atoms with Gasteiger partial charge in [-0.3, -0.25) is 4.79 Å². The van der Waals surface area contributed by atoms with Crippen molar-refractivity contribution >= 4 is 5.91 Å². The first-order chi connectivity index (χ1) is 14.0. The molecule has 3 rings (SSSR count). The van der Waals surface area contributed by atoms with Gasteiger partial charge in [0.15, 0.2) is 11.5 Å². The van der Waals surface area contributed by atoms with E-state index < -0.39 is 0 Å². The normalized spacial score (nSPS) is 14.2. The average molecular weight is 398 g/mol. The fourth-order valence-corrected chi connectivity index (χ4v) is 3.84. The van der Waals surface area contributed by atoms with Crippen molar-refractivity contribution in [2.24, 2.45) is 5.92 Å². The number of aryl methyl sites for hydroxylation is 1. The number of ether oxygens (including phenoxy) is 3. The van der Waals surface area contributed by atoms with E-state index in [9.17, 15) is 4.79 Å². The Morgan fingerprint density at radius 2 is 1.69 bits per heavy atom. The van der Waals surface area contributed by atoms with Crippen LogP contribution in [0.5, 0.6) is 17.2 Å². The second-order valence-corrected chi connectivity index (χ2v) is 7.67. The standard InChI is InChI=1S/C24H31NO4/c1-16-13-19(8-10-21(16)27-2)20(18-6-7-18)15-24(26)25-12-11-17-5-9-22(28-3)23(14-17)29-4/h5,8-10,13-14,18,20H,6-7,11-12,15H2,1-4H3,(H,25,26). The summed E-state index contributed by atoms with van der Waals surface area (Å²) in [5, 5.41) is 3.08. The second-order valence-electron chi connectivity index (χ2n) is 7.67. The number of rotatable bonds is 10. The number of nitrogens with one attached hydrogen (secondary N) is 1. The number of benzene rings is 2. The highest BCUT2D eigenvalue weighted by Crippen LogP contribution is 2.45. The quantitative estimate of drug-likeness (QED) is 0.651. The van der Waals surface area contributed by atoms with E-state index in [0.29, 0.717) is 30.4 Å². The van der Waals surface area contributed by atoms with Gasteiger partial charge in [0.05, 0.1) is 21.3 Å². The third-order valence-electron chi connectivity index (χ3n) is 5.63. The molecule has 0 saturated heterocycles. The molecular formula is C24H31NO4. The number of methoxy groups -OCH3 is 3.